The minimum Gasteiger partial charge on any atom is -0.390 e. The quantitative estimate of drug-likeness (QED) is 0.824. The summed E-state index contributed by atoms with van der Waals surface area (Å²) < 4.78 is 28.1. The molecular formula is C19H26N4O3S. The van der Waals surface area contributed by atoms with Crippen LogP contribution < -0.4 is 9.62 Å². The summed E-state index contributed by atoms with van der Waals surface area (Å²) in [5.41, 5.74) is 1.81. The summed E-state index contributed by atoms with van der Waals surface area (Å²) in [4.78, 5) is 2.02. The van der Waals surface area contributed by atoms with E-state index in [4.69, 9.17) is 0 Å². The number of nitrogens with zero attached hydrogens (tertiary/aromatic N) is 3. The van der Waals surface area contributed by atoms with Crippen LogP contribution in [0, 0.1) is 6.92 Å². The van der Waals surface area contributed by atoms with Crippen molar-refractivity contribution in [2.24, 2.45) is 0 Å². The van der Waals surface area contributed by atoms with Crippen molar-refractivity contribution in [2.75, 3.05) is 18.0 Å². The number of anilines is 1. The molecule has 1 fully saturated rings. The summed E-state index contributed by atoms with van der Waals surface area (Å²) in [6.07, 6.45) is -0.822. The zero-order valence-electron chi connectivity index (χ0n) is 16.0. The van der Waals surface area contributed by atoms with Crippen LogP contribution in [0.5, 0.6) is 0 Å². The maximum absolute atomic E-state index is 12.7. The van der Waals surface area contributed by atoms with Crippen LogP contribution in [0.3, 0.4) is 0 Å². The number of nitrogens with one attached hydrogen (secondary N) is 1. The van der Waals surface area contributed by atoms with Gasteiger partial charge in [-0.25, -0.2) is 13.1 Å². The number of sulfonamides is 1. The average molecular weight is 391 g/mol. The van der Waals surface area contributed by atoms with Crippen LogP contribution in [0.4, 0.5) is 5.82 Å². The van der Waals surface area contributed by atoms with Crippen molar-refractivity contribution in [1.82, 2.24) is 14.9 Å². The number of aliphatic hydroxyl groups is 1. The maximum atomic E-state index is 12.7. The van der Waals surface area contributed by atoms with Crippen LogP contribution in [-0.4, -0.2) is 49.0 Å². The Kier molecular flexibility index (Phi) is 5.24. The highest BCUT2D eigenvalue weighted by Gasteiger charge is 2.35. The smallest absolute Gasteiger partial charge is 0.240 e. The molecule has 0 bridgehead atoms. The molecule has 3 rings (SSSR count). The van der Waals surface area contributed by atoms with Gasteiger partial charge in [-0.05, 0) is 42.2 Å². The molecule has 2 atom stereocenters. The minimum absolute atomic E-state index is 0.0487. The Balaban J connectivity index is 1.73. The molecule has 1 saturated heterocycles. The third-order valence-corrected chi connectivity index (χ3v) is 6.24. The van der Waals surface area contributed by atoms with E-state index in [1.54, 1.807) is 12.1 Å². The molecule has 2 N–H and O–H groups in total. The fourth-order valence-corrected chi connectivity index (χ4v) is 4.31. The number of aliphatic hydroxyl groups excluding tert-OH is 1. The predicted molar refractivity (Wildman–Crippen MR) is 104 cm³/mol. The van der Waals surface area contributed by atoms with Crippen molar-refractivity contribution in [3.8, 4) is 0 Å². The van der Waals surface area contributed by atoms with Crippen LogP contribution in [-0.2, 0) is 15.4 Å². The van der Waals surface area contributed by atoms with Gasteiger partial charge in [-0.1, -0.05) is 32.9 Å². The van der Waals surface area contributed by atoms with E-state index in [0.717, 1.165) is 11.3 Å². The summed E-state index contributed by atoms with van der Waals surface area (Å²) >= 11 is 0. The first-order chi connectivity index (χ1) is 12.6. The topological polar surface area (TPSA) is 95.4 Å². The lowest BCUT2D eigenvalue weighted by Crippen LogP contribution is -2.42. The summed E-state index contributed by atoms with van der Waals surface area (Å²) in [5, 5.41) is 18.4. The molecule has 0 aliphatic carbocycles. The first-order valence-electron chi connectivity index (χ1n) is 8.92. The number of aromatic nitrogens is 2. The molecule has 2 heterocycles. The number of aryl methyl sites for hydroxylation is 1. The third-order valence-electron chi connectivity index (χ3n) is 4.73. The molecule has 1 aromatic heterocycles. The molecule has 1 aromatic carbocycles. The van der Waals surface area contributed by atoms with Gasteiger partial charge in [0.1, 0.15) is 0 Å². The van der Waals surface area contributed by atoms with Crippen molar-refractivity contribution in [1.29, 1.82) is 0 Å². The average Bonchev–Trinajstić information content (AvgIpc) is 2.95. The molecule has 8 heteroatoms. The van der Waals surface area contributed by atoms with Crippen LogP contribution in [0.15, 0.2) is 41.3 Å². The summed E-state index contributed by atoms with van der Waals surface area (Å²) in [6.45, 7) is 8.70. The van der Waals surface area contributed by atoms with E-state index in [-0.39, 0.29) is 10.3 Å². The molecule has 0 amide bonds. The molecule has 0 unspecified atom stereocenters. The molecule has 27 heavy (non-hydrogen) atoms. The van der Waals surface area contributed by atoms with Gasteiger partial charge >= 0.3 is 0 Å². The number of β-amino-alcohol motifs (C(OH)–C–C–N with tert-alkyl or cyclic N) is 1. The second kappa shape index (κ2) is 7.18. The zero-order chi connectivity index (χ0) is 19.8. The lowest BCUT2D eigenvalue weighted by Gasteiger charge is -2.20. The Hall–Kier alpha value is -2.03. The SMILES string of the molecule is Cc1ccc(N2C[C@@H](O)[C@H](NS(=O)(=O)c3ccc(C(C)(C)C)cc3)C2)nn1. The van der Waals surface area contributed by atoms with Gasteiger partial charge in [-0.2, -0.15) is 5.10 Å². The van der Waals surface area contributed by atoms with E-state index in [1.165, 1.54) is 0 Å². The van der Waals surface area contributed by atoms with E-state index in [0.29, 0.717) is 18.9 Å². The second-order valence-corrected chi connectivity index (χ2v) is 9.72. The Morgan fingerprint density at radius 3 is 2.30 bits per heavy atom. The van der Waals surface area contributed by atoms with Crippen LogP contribution >= 0.6 is 0 Å². The van der Waals surface area contributed by atoms with Crippen molar-refractivity contribution in [3.05, 3.63) is 47.7 Å². The standard InChI is InChI=1S/C19H26N4O3S/c1-13-5-10-18(21-20-13)23-11-16(17(24)12-23)22-27(25,26)15-8-6-14(7-9-15)19(2,3)4/h5-10,16-17,22,24H,11-12H2,1-4H3/t16-,17-/m1/s1. The maximum Gasteiger partial charge on any atom is 0.240 e. The van der Waals surface area contributed by atoms with Crippen molar-refractivity contribution >= 4 is 15.8 Å². The van der Waals surface area contributed by atoms with E-state index in [1.807, 2.05) is 36.1 Å². The van der Waals surface area contributed by atoms with Crippen molar-refractivity contribution in [2.45, 2.75) is 50.2 Å². The lowest BCUT2D eigenvalue weighted by atomic mass is 9.87. The van der Waals surface area contributed by atoms with Gasteiger partial charge in [0.2, 0.25) is 10.0 Å². The molecule has 1 aliphatic rings. The first kappa shape index (κ1) is 19.7. The second-order valence-electron chi connectivity index (χ2n) is 8.01. The zero-order valence-corrected chi connectivity index (χ0v) is 16.9. The van der Waals surface area contributed by atoms with Gasteiger partial charge in [0.25, 0.3) is 0 Å². The highest BCUT2D eigenvalue weighted by Crippen LogP contribution is 2.24. The Morgan fingerprint density at radius 2 is 1.74 bits per heavy atom. The fraction of sp³-hybridized carbons (Fsp3) is 0.474. The normalized spacial score (nSPS) is 20.9. The van der Waals surface area contributed by atoms with Crippen molar-refractivity contribution in [3.63, 3.8) is 0 Å². The molecule has 2 aromatic rings. The molecule has 0 spiro atoms. The highest BCUT2D eigenvalue weighted by atomic mass is 32.2. The lowest BCUT2D eigenvalue weighted by molar-refractivity contribution is 0.174. The monoisotopic (exact) mass is 390 g/mol. The van der Waals surface area contributed by atoms with Gasteiger partial charge in [-0.15, -0.1) is 5.10 Å². The Bertz CT molecular complexity index is 890. The van der Waals surface area contributed by atoms with E-state index >= 15 is 0 Å². The number of benzene rings is 1. The third kappa shape index (κ3) is 4.45. The first-order valence-corrected chi connectivity index (χ1v) is 10.4. The van der Waals surface area contributed by atoms with E-state index < -0.39 is 22.2 Å². The Morgan fingerprint density at radius 1 is 1.07 bits per heavy atom. The largest absolute Gasteiger partial charge is 0.390 e. The fourth-order valence-electron chi connectivity index (χ4n) is 3.05. The van der Waals surface area contributed by atoms with Gasteiger partial charge in [0, 0.05) is 13.1 Å². The highest BCUT2D eigenvalue weighted by molar-refractivity contribution is 7.89. The molecule has 7 nitrogen and oxygen atoms in total. The van der Waals surface area contributed by atoms with Gasteiger partial charge in [0.15, 0.2) is 5.82 Å². The van der Waals surface area contributed by atoms with E-state index in [2.05, 4.69) is 35.7 Å². The van der Waals surface area contributed by atoms with Gasteiger partial charge in [0.05, 0.1) is 22.7 Å². The number of rotatable bonds is 4. The molecular weight excluding hydrogens is 364 g/mol. The molecule has 0 radical (unpaired) electrons. The van der Waals surface area contributed by atoms with Crippen molar-refractivity contribution < 1.29 is 13.5 Å². The molecule has 146 valence electrons. The summed E-state index contributed by atoms with van der Waals surface area (Å²) in [5.74, 6) is 0.621. The summed E-state index contributed by atoms with van der Waals surface area (Å²) in [7, 11) is -3.72. The van der Waals surface area contributed by atoms with Gasteiger partial charge < -0.3 is 10.0 Å². The molecule has 0 saturated carbocycles. The summed E-state index contributed by atoms with van der Waals surface area (Å²) in [6, 6.07) is 9.91. The van der Waals surface area contributed by atoms with Crippen LogP contribution in [0.25, 0.3) is 0 Å². The van der Waals surface area contributed by atoms with E-state index in [9.17, 15) is 13.5 Å². The van der Waals surface area contributed by atoms with Gasteiger partial charge in [-0.3, -0.25) is 0 Å². The predicted octanol–water partition coefficient (Wildman–Crippen LogP) is 1.61. The minimum atomic E-state index is -3.72. The van der Waals surface area contributed by atoms with Crippen LogP contribution in [0.1, 0.15) is 32.0 Å². The van der Waals surface area contributed by atoms with Crippen LogP contribution in [0.2, 0.25) is 0 Å². The number of hydrogen-bond donors (Lipinski definition) is 2. The molecule has 1 aliphatic heterocycles. The number of hydrogen-bond acceptors (Lipinski definition) is 6. The Labute approximate surface area is 160 Å².